The number of hydrogen-bond acceptors (Lipinski definition) is 3. The molecule has 0 bridgehead atoms. The molecule has 0 N–H and O–H groups in total. The Balaban J connectivity index is 1.79. The molecule has 2 saturated heterocycles. The smallest absolute Gasteiger partial charge is 0.236 e. The summed E-state index contributed by atoms with van der Waals surface area (Å²) in [6, 6.07) is 0. The van der Waals surface area contributed by atoms with Crippen molar-refractivity contribution in [2.45, 2.75) is 25.7 Å². The molecular formula is C12H20N2O2. The third-order valence-corrected chi connectivity index (χ3v) is 3.55. The number of nitrogens with zero attached hydrogens (tertiary/aromatic N) is 2. The fraction of sp³-hybridized carbons (Fsp3) is 0.833. The molecule has 0 radical (unpaired) electrons. The first-order valence-corrected chi connectivity index (χ1v) is 6.25. The van der Waals surface area contributed by atoms with Gasteiger partial charge in [-0.25, -0.2) is 0 Å². The molecule has 0 aromatic rings. The van der Waals surface area contributed by atoms with Gasteiger partial charge in [0.25, 0.3) is 0 Å². The van der Waals surface area contributed by atoms with Crippen LogP contribution in [0, 0.1) is 5.92 Å². The number of likely N-dealkylation sites (tertiary alicyclic amines) is 2. The number of rotatable bonds is 3. The van der Waals surface area contributed by atoms with E-state index in [0.29, 0.717) is 6.54 Å². The second-order valence-electron chi connectivity index (χ2n) is 4.86. The fourth-order valence-electron chi connectivity index (χ4n) is 2.60. The lowest BCUT2D eigenvalue weighted by molar-refractivity contribution is -0.132. The zero-order valence-corrected chi connectivity index (χ0v) is 9.73. The number of hydrogen-bond donors (Lipinski definition) is 0. The molecule has 0 aromatic carbocycles. The zero-order chi connectivity index (χ0) is 11.4. The van der Waals surface area contributed by atoms with Crippen molar-refractivity contribution >= 4 is 12.2 Å². The average molecular weight is 224 g/mol. The Bertz CT molecular complexity index is 262. The summed E-state index contributed by atoms with van der Waals surface area (Å²) in [6.07, 6.45) is 5.34. The van der Waals surface area contributed by atoms with Crippen molar-refractivity contribution in [3.05, 3.63) is 0 Å². The lowest BCUT2D eigenvalue weighted by atomic mass is 10.00. The predicted octanol–water partition coefficient (Wildman–Crippen LogP) is 0.520. The van der Waals surface area contributed by atoms with Crippen LogP contribution in [0.2, 0.25) is 0 Å². The summed E-state index contributed by atoms with van der Waals surface area (Å²) >= 11 is 0. The third-order valence-electron chi connectivity index (χ3n) is 3.55. The van der Waals surface area contributed by atoms with Gasteiger partial charge < -0.3 is 9.69 Å². The van der Waals surface area contributed by atoms with Crippen molar-refractivity contribution in [3.63, 3.8) is 0 Å². The van der Waals surface area contributed by atoms with E-state index in [-0.39, 0.29) is 11.8 Å². The molecule has 0 spiro atoms. The number of piperidine rings is 1. The van der Waals surface area contributed by atoms with E-state index in [2.05, 4.69) is 4.90 Å². The fourth-order valence-corrected chi connectivity index (χ4v) is 2.60. The zero-order valence-electron chi connectivity index (χ0n) is 9.73. The summed E-state index contributed by atoms with van der Waals surface area (Å²) in [5.74, 6) is 0.379. The first-order valence-electron chi connectivity index (χ1n) is 6.25. The van der Waals surface area contributed by atoms with Gasteiger partial charge in [0.2, 0.25) is 5.91 Å². The summed E-state index contributed by atoms with van der Waals surface area (Å²) in [4.78, 5) is 26.7. The Morgan fingerprint density at radius 3 is 2.62 bits per heavy atom. The van der Waals surface area contributed by atoms with Crippen molar-refractivity contribution in [3.8, 4) is 0 Å². The van der Waals surface area contributed by atoms with E-state index >= 15 is 0 Å². The van der Waals surface area contributed by atoms with Gasteiger partial charge >= 0.3 is 0 Å². The molecule has 2 aliphatic rings. The molecule has 1 atom stereocenters. The van der Waals surface area contributed by atoms with E-state index in [0.717, 1.165) is 58.1 Å². The highest BCUT2D eigenvalue weighted by molar-refractivity contribution is 5.78. The van der Waals surface area contributed by atoms with E-state index < -0.39 is 0 Å². The van der Waals surface area contributed by atoms with Crippen LogP contribution in [-0.2, 0) is 9.59 Å². The number of amides is 1. The Hall–Kier alpha value is -0.900. The molecular weight excluding hydrogens is 204 g/mol. The lowest BCUT2D eigenvalue weighted by Gasteiger charge is -2.30. The highest BCUT2D eigenvalue weighted by atomic mass is 16.2. The Morgan fingerprint density at radius 2 is 1.94 bits per heavy atom. The Kier molecular flexibility index (Phi) is 3.93. The maximum absolute atomic E-state index is 11.9. The summed E-state index contributed by atoms with van der Waals surface area (Å²) in [7, 11) is 0. The quantitative estimate of drug-likeness (QED) is 0.656. The standard InChI is InChI=1S/C12H20N2O2/c15-10-11-4-3-5-13(8-11)9-12(16)14-6-1-2-7-14/h10-11H,1-9H2. The second kappa shape index (κ2) is 5.43. The highest BCUT2D eigenvalue weighted by Crippen LogP contribution is 2.15. The maximum atomic E-state index is 11.9. The minimum absolute atomic E-state index is 0.139. The number of carbonyl (C=O) groups is 2. The van der Waals surface area contributed by atoms with E-state index in [9.17, 15) is 9.59 Å². The second-order valence-corrected chi connectivity index (χ2v) is 4.86. The third kappa shape index (κ3) is 2.82. The van der Waals surface area contributed by atoms with Crippen LogP contribution in [0.4, 0.5) is 0 Å². The lowest BCUT2D eigenvalue weighted by Crippen LogP contribution is -2.43. The molecule has 1 unspecified atom stereocenters. The van der Waals surface area contributed by atoms with Crippen LogP contribution < -0.4 is 0 Å². The number of aldehydes is 1. The van der Waals surface area contributed by atoms with E-state index in [4.69, 9.17) is 0 Å². The summed E-state index contributed by atoms with van der Waals surface area (Å²) in [5, 5.41) is 0. The van der Waals surface area contributed by atoms with Gasteiger partial charge in [0, 0.05) is 25.6 Å². The van der Waals surface area contributed by atoms with Gasteiger partial charge in [0.1, 0.15) is 6.29 Å². The molecule has 2 heterocycles. The molecule has 0 aliphatic carbocycles. The van der Waals surface area contributed by atoms with Crippen LogP contribution in [0.25, 0.3) is 0 Å². The highest BCUT2D eigenvalue weighted by Gasteiger charge is 2.24. The van der Waals surface area contributed by atoms with E-state index in [1.807, 2.05) is 4.90 Å². The van der Waals surface area contributed by atoms with Gasteiger partial charge in [0.05, 0.1) is 6.54 Å². The van der Waals surface area contributed by atoms with Crippen molar-refractivity contribution in [1.82, 2.24) is 9.80 Å². The molecule has 90 valence electrons. The Labute approximate surface area is 96.6 Å². The minimum atomic E-state index is 0.139. The molecule has 4 nitrogen and oxygen atoms in total. The molecule has 16 heavy (non-hydrogen) atoms. The summed E-state index contributed by atoms with van der Waals surface area (Å²) in [5.41, 5.74) is 0. The normalized spacial score (nSPS) is 27.0. The van der Waals surface area contributed by atoms with Gasteiger partial charge in [-0.1, -0.05) is 0 Å². The topological polar surface area (TPSA) is 40.6 Å². The van der Waals surface area contributed by atoms with Crippen molar-refractivity contribution < 1.29 is 9.59 Å². The van der Waals surface area contributed by atoms with Crippen molar-refractivity contribution in [1.29, 1.82) is 0 Å². The van der Waals surface area contributed by atoms with Gasteiger partial charge in [-0.15, -0.1) is 0 Å². The van der Waals surface area contributed by atoms with Crippen LogP contribution in [0.1, 0.15) is 25.7 Å². The molecule has 0 aromatic heterocycles. The minimum Gasteiger partial charge on any atom is -0.342 e. The number of carbonyl (C=O) groups excluding carboxylic acids is 2. The first-order chi connectivity index (χ1) is 7.79. The van der Waals surface area contributed by atoms with Crippen LogP contribution >= 0.6 is 0 Å². The molecule has 2 rings (SSSR count). The maximum Gasteiger partial charge on any atom is 0.236 e. The first kappa shape index (κ1) is 11.6. The van der Waals surface area contributed by atoms with E-state index in [1.165, 1.54) is 0 Å². The molecule has 4 heteroatoms. The van der Waals surface area contributed by atoms with Crippen molar-refractivity contribution in [2.75, 3.05) is 32.7 Å². The van der Waals surface area contributed by atoms with Crippen LogP contribution in [0.5, 0.6) is 0 Å². The van der Waals surface area contributed by atoms with Gasteiger partial charge in [-0.3, -0.25) is 9.69 Å². The average Bonchev–Trinajstić information content (AvgIpc) is 2.83. The SMILES string of the molecule is O=CC1CCCN(CC(=O)N2CCCC2)C1. The largest absolute Gasteiger partial charge is 0.342 e. The van der Waals surface area contributed by atoms with Gasteiger partial charge in [0.15, 0.2) is 0 Å². The Morgan fingerprint density at radius 1 is 1.19 bits per heavy atom. The molecule has 2 aliphatic heterocycles. The van der Waals surface area contributed by atoms with Crippen LogP contribution in [0.3, 0.4) is 0 Å². The predicted molar refractivity (Wildman–Crippen MR) is 61.0 cm³/mol. The molecule has 1 amide bonds. The van der Waals surface area contributed by atoms with Crippen LogP contribution in [0.15, 0.2) is 0 Å². The van der Waals surface area contributed by atoms with Crippen molar-refractivity contribution in [2.24, 2.45) is 5.92 Å². The monoisotopic (exact) mass is 224 g/mol. The van der Waals surface area contributed by atoms with Gasteiger partial charge in [-0.2, -0.15) is 0 Å². The van der Waals surface area contributed by atoms with Crippen LogP contribution in [-0.4, -0.2) is 54.7 Å². The summed E-state index contributed by atoms with van der Waals surface area (Å²) < 4.78 is 0. The molecule has 0 saturated carbocycles. The van der Waals surface area contributed by atoms with Gasteiger partial charge in [-0.05, 0) is 32.2 Å². The van der Waals surface area contributed by atoms with E-state index in [1.54, 1.807) is 0 Å². The molecule has 2 fully saturated rings. The summed E-state index contributed by atoms with van der Waals surface area (Å²) in [6.45, 7) is 4.07.